The average Bonchev–Trinajstić information content (AvgIpc) is 2.53. The van der Waals surface area contributed by atoms with E-state index in [1.165, 1.54) is 12.1 Å². The number of nitrogens with one attached hydrogen (secondary N) is 2. The molecule has 0 saturated heterocycles. The van der Waals surface area contributed by atoms with Crippen molar-refractivity contribution in [3.05, 3.63) is 57.5 Å². The molecule has 138 valence electrons. The van der Waals surface area contributed by atoms with Crippen LogP contribution < -0.4 is 15.6 Å². The third-order valence-corrected chi connectivity index (χ3v) is 4.24. The molecule has 3 rings (SSSR count). The molecule has 1 atom stereocenters. The zero-order chi connectivity index (χ0) is 18.9. The molecular formula is C18H17F3N2O3. The lowest BCUT2D eigenvalue weighted by atomic mass is 9.87. The number of aromatic amines is 1. The van der Waals surface area contributed by atoms with Crippen LogP contribution in [0, 0.1) is 5.92 Å². The quantitative estimate of drug-likeness (QED) is 0.871. The molecule has 8 heteroatoms. The first-order valence-electron chi connectivity index (χ1n) is 8.13. The van der Waals surface area contributed by atoms with E-state index in [9.17, 15) is 22.8 Å². The van der Waals surface area contributed by atoms with Crippen LogP contribution in [0.1, 0.15) is 35.0 Å². The molecule has 5 nitrogen and oxygen atoms in total. The largest absolute Gasteiger partial charge is 0.573 e. The van der Waals surface area contributed by atoms with E-state index in [-0.39, 0.29) is 11.3 Å². The number of anilines is 1. The summed E-state index contributed by atoms with van der Waals surface area (Å²) in [6, 6.07) is 6.46. The van der Waals surface area contributed by atoms with E-state index in [1.807, 2.05) is 0 Å². The number of rotatable bonds is 3. The summed E-state index contributed by atoms with van der Waals surface area (Å²) in [5.74, 6) is -0.680. The molecule has 1 aromatic heterocycles. The second-order valence-corrected chi connectivity index (χ2v) is 6.39. The van der Waals surface area contributed by atoms with Crippen molar-refractivity contribution in [1.29, 1.82) is 0 Å². The lowest BCUT2D eigenvalue weighted by molar-refractivity contribution is -0.274. The van der Waals surface area contributed by atoms with Crippen molar-refractivity contribution in [2.45, 2.75) is 32.5 Å². The van der Waals surface area contributed by atoms with Crippen molar-refractivity contribution in [1.82, 2.24) is 4.98 Å². The first-order valence-corrected chi connectivity index (χ1v) is 8.13. The van der Waals surface area contributed by atoms with Crippen molar-refractivity contribution in [2.24, 2.45) is 5.92 Å². The number of amides is 1. The Labute approximate surface area is 147 Å². The minimum absolute atomic E-state index is 0.0695. The molecular weight excluding hydrogens is 349 g/mol. The highest BCUT2D eigenvalue weighted by Crippen LogP contribution is 2.26. The van der Waals surface area contributed by atoms with Gasteiger partial charge in [-0.3, -0.25) is 9.59 Å². The van der Waals surface area contributed by atoms with E-state index in [2.05, 4.69) is 22.0 Å². The van der Waals surface area contributed by atoms with Gasteiger partial charge in [0.1, 0.15) is 11.3 Å². The molecule has 2 N–H and O–H groups in total. The molecule has 1 aliphatic rings. The number of hydrogen-bond acceptors (Lipinski definition) is 3. The molecule has 0 fully saturated rings. The van der Waals surface area contributed by atoms with Crippen molar-refractivity contribution in [3.8, 4) is 5.75 Å². The number of pyridine rings is 1. The predicted octanol–water partition coefficient (Wildman–Crippen LogP) is 3.65. The number of fused-ring (bicyclic) bond motifs is 1. The third kappa shape index (κ3) is 4.25. The van der Waals surface area contributed by atoms with Crippen molar-refractivity contribution >= 4 is 11.6 Å². The van der Waals surface area contributed by atoms with Crippen LogP contribution in [0.3, 0.4) is 0 Å². The van der Waals surface area contributed by atoms with Gasteiger partial charge in [0, 0.05) is 17.4 Å². The van der Waals surface area contributed by atoms with Gasteiger partial charge in [0.25, 0.3) is 11.5 Å². The second kappa shape index (κ2) is 6.86. The smallest absolute Gasteiger partial charge is 0.406 e. The van der Waals surface area contributed by atoms with E-state index in [1.54, 1.807) is 6.07 Å². The standard InChI is InChI=1S/C18H17F3N2O3/c1-10-5-6-15-11(7-10)8-14(17(25)23-15)16(24)22-12-3-2-4-13(9-12)26-18(19,20)21/h2-4,8-10H,5-7H2,1H3,(H,22,24)(H,23,25). The van der Waals surface area contributed by atoms with Crippen LogP contribution in [-0.2, 0) is 12.8 Å². The van der Waals surface area contributed by atoms with Gasteiger partial charge < -0.3 is 15.0 Å². The second-order valence-electron chi connectivity index (χ2n) is 6.39. The minimum Gasteiger partial charge on any atom is -0.406 e. The Bertz CT molecular complexity index is 890. The topological polar surface area (TPSA) is 71.2 Å². The summed E-state index contributed by atoms with van der Waals surface area (Å²) in [5, 5.41) is 2.44. The normalized spacial score (nSPS) is 16.7. The van der Waals surface area contributed by atoms with Crippen molar-refractivity contribution in [2.75, 3.05) is 5.32 Å². The fourth-order valence-corrected chi connectivity index (χ4v) is 3.02. The number of alkyl halides is 3. The lowest BCUT2D eigenvalue weighted by Gasteiger charge is -2.21. The van der Waals surface area contributed by atoms with E-state index in [0.717, 1.165) is 42.7 Å². The number of H-pyrrole nitrogens is 1. The Balaban J connectivity index is 1.82. The van der Waals surface area contributed by atoms with Gasteiger partial charge >= 0.3 is 6.36 Å². The highest BCUT2D eigenvalue weighted by molar-refractivity contribution is 6.04. The Morgan fingerprint density at radius 2 is 2.08 bits per heavy atom. The summed E-state index contributed by atoms with van der Waals surface area (Å²) >= 11 is 0. The van der Waals surface area contributed by atoms with Gasteiger partial charge in [-0.25, -0.2) is 0 Å². The molecule has 0 bridgehead atoms. The first-order chi connectivity index (χ1) is 12.2. The van der Waals surface area contributed by atoms with Gasteiger partial charge in [-0.2, -0.15) is 0 Å². The number of benzene rings is 1. The maximum absolute atomic E-state index is 12.4. The van der Waals surface area contributed by atoms with Crippen LogP contribution in [0.4, 0.5) is 18.9 Å². The zero-order valence-electron chi connectivity index (χ0n) is 13.9. The monoisotopic (exact) mass is 366 g/mol. The number of halogens is 3. The summed E-state index contributed by atoms with van der Waals surface area (Å²) in [4.78, 5) is 27.3. The van der Waals surface area contributed by atoms with Gasteiger partial charge in [0.05, 0.1) is 0 Å². The summed E-state index contributed by atoms with van der Waals surface area (Å²) in [7, 11) is 0. The van der Waals surface area contributed by atoms with E-state index < -0.39 is 23.6 Å². The molecule has 1 amide bonds. The molecule has 0 spiro atoms. The molecule has 0 aliphatic heterocycles. The fourth-order valence-electron chi connectivity index (χ4n) is 3.02. The van der Waals surface area contributed by atoms with Crippen LogP contribution in [-0.4, -0.2) is 17.3 Å². The maximum Gasteiger partial charge on any atom is 0.573 e. The van der Waals surface area contributed by atoms with E-state index in [0.29, 0.717) is 5.92 Å². The molecule has 0 radical (unpaired) electrons. The van der Waals surface area contributed by atoms with Crippen molar-refractivity contribution in [3.63, 3.8) is 0 Å². The summed E-state index contributed by atoms with van der Waals surface area (Å²) in [6.45, 7) is 2.10. The SMILES string of the molecule is CC1CCc2[nH]c(=O)c(C(=O)Nc3cccc(OC(F)(F)F)c3)cc2C1. The molecule has 2 aromatic rings. The van der Waals surface area contributed by atoms with Gasteiger partial charge in [0.15, 0.2) is 0 Å². The van der Waals surface area contributed by atoms with Crippen LogP contribution >= 0.6 is 0 Å². The number of aromatic nitrogens is 1. The van der Waals surface area contributed by atoms with Gasteiger partial charge in [0.2, 0.25) is 0 Å². The number of carbonyl (C=O) groups is 1. The Hall–Kier alpha value is -2.77. The Morgan fingerprint density at radius 1 is 1.31 bits per heavy atom. The molecule has 1 aromatic carbocycles. The predicted molar refractivity (Wildman–Crippen MR) is 89.3 cm³/mol. The summed E-state index contributed by atoms with van der Waals surface area (Å²) in [6.07, 6.45) is -2.33. The number of aryl methyl sites for hydroxylation is 1. The van der Waals surface area contributed by atoms with Crippen LogP contribution in [0.2, 0.25) is 0 Å². The zero-order valence-corrected chi connectivity index (χ0v) is 13.9. The maximum atomic E-state index is 12.4. The highest BCUT2D eigenvalue weighted by Gasteiger charge is 2.31. The van der Waals surface area contributed by atoms with Gasteiger partial charge in [-0.15, -0.1) is 13.2 Å². The fraction of sp³-hybridized carbons (Fsp3) is 0.333. The van der Waals surface area contributed by atoms with Crippen LogP contribution in [0.25, 0.3) is 0 Å². The molecule has 26 heavy (non-hydrogen) atoms. The number of ether oxygens (including phenoxy) is 1. The summed E-state index contributed by atoms with van der Waals surface area (Å²) in [5.41, 5.74) is 1.27. The van der Waals surface area contributed by atoms with Crippen LogP contribution in [0.5, 0.6) is 5.75 Å². The Kier molecular flexibility index (Phi) is 4.76. The van der Waals surface area contributed by atoms with Gasteiger partial charge in [-0.05, 0) is 48.9 Å². The molecule has 1 aliphatic carbocycles. The molecule has 1 unspecified atom stereocenters. The molecule has 1 heterocycles. The number of carbonyl (C=O) groups excluding carboxylic acids is 1. The average molecular weight is 366 g/mol. The third-order valence-electron chi connectivity index (χ3n) is 4.24. The first kappa shape index (κ1) is 18.0. The van der Waals surface area contributed by atoms with E-state index >= 15 is 0 Å². The van der Waals surface area contributed by atoms with E-state index in [4.69, 9.17) is 0 Å². The molecule has 0 saturated carbocycles. The summed E-state index contributed by atoms with van der Waals surface area (Å²) < 4.78 is 40.7. The Morgan fingerprint density at radius 3 is 2.81 bits per heavy atom. The minimum atomic E-state index is -4.82. The number of hydrogen-bond donors (Lipinski definition) is 2. The lowest BCUT2D eigenvalue weighted by Crippen LogP contribution is -2.27. The van der Waals surface area contributed by atoms with Crippen molar-refractivity contribution < 1.29 is 22.7 Å². The van der Waals surface area contributed by atoms with Gasteiger partial charge in [-0.1, -0.05) is 13.0 Å². The highest BCUT2D eigenvalue weighted by atomic mass is 19.4. The van der Waals surface area contributed by atoms with Crippen LogP contribution in [0.15, 0.2) is 35.1 Å².